The maximum Gasteiger partial charge on any atom is 0.266 e. The van der Waals surface area contributed by atoms with E-state index in [2.05, 4.69) is 9.88 Å². The average Bonchev–Trinajstić information content (AvgIpc) is 3.18. The fourth-order valence-electron chi connectivity index (χ4n) is 3.31. The van der Waals surface area contributed by atoms with Crippen molar-refractivity contribution in [1.82, 2.24) is 9.88 Å². The Kier molecular flexibility index (Phi) is 6.74. The molecule has 164 valence electrons. The van der Waals surface area contributed by atoms with E-state index in [1.165, 1.54) is 11.0 Å². The summed E-state index contributed by atoms with van der Waals surface area (Å²) in [5.41, 5.74) is 1.15. The van der Waals surface area contributed by atoms with E-state index in [-0.39, 0.29) is 18.0 Å². The first-order valence-electron chi connectivity index (χ1n) is 10.0. The minimum Gasteiger partial charge on any atom is -0.484 e. The molecule has 0 bridgehead atoms. The molecule has 0 unspecified atom stereocenters. The van der Waals surface area contributed by atoms with Gasteiger partial charge in [0.05, 0.1) is 17.9 Å². The highest BCUT2D eigenvalue weighted by Gasteiger charge is 2.23. The van der Waals surface area contributed by atoms with Gasteiger partial charge in [-0.15, -0.1) is 0 Å². The lowest BCUT2D eigenvalue weighted by Gasteiger charge is -2.29. The van der Waals surface area contributed by atoms with Crippen molar-refractivity contribution in [3.63, 3.8) is 0 Å². The largest absolute Gasteiger partial charge is 0.484 e. The predicted molar refractivity (Wildman–Crippen MR) is 116 cm³/mol. The van der Waals surface area contributed by atoms with Gasteiger partial charge in [-0.1, -0.05) is 29.0 Å². The van der Waals surface area contributed by atoms with Gasteiger partial charge in [-0.25, -0.2) is 13.8 Å². The molecular formula is C22H23F2N3O3S. The number of morpholine rings is 1. The zero-order valence-electron chi connectivity index (χ0n) is 17.1. The van der Waals surface area contributed by atoms with Crippen LogP contribution in [0.25, 0.3) is 10.2 Å². The third kappa shape index (κ3) is 5.36. The van der Waals surface area contributed by atoms with E-state index in [0.717, 1.165) is 36.1 Å². The number of amides is 1. The first-order valence-corrected chi connectivity index (χ1v) is 10.9. The fourth-order valence-corrected chi connectivity index (χ4v) is 4.36. The first kappa shape index (κ1) is 21.6. The molecule has 9 heteroatoms. The molecule has 6 nitrogen and oxygen atoms in total. The number of halogens is 2. The van der Waals surface area contributed by atoms with Gasteiger partial charge in [-0.05, 0) is 25.1 Å². The van der Waals surface area contributed by atoms with Gasteiger partial charge in [0.15, 0.2) is 17.6 Å². The predicted octanol–water partition coefficient (Wildman–Crippen LogP) is 3.63. The first-order chi connectivity index (χ1) is 15.0. The van der Waals surface area contributed by atoms with Crippen LogP contribution in [0.3, 0.4) is 0 Å². The van der Waals surface area contributed by atoms with Gasteiger partial charge >= 0.3 is 0 Å². The van der Waals surface area contributed by atoms with Gasteiger partial charge in [0.2, 0.25) is 0 Å². The number of benzene rings is 2. The van der Waals surface area contributed by atoms with E-state index >= 15 is 0 Å². The Labute approximate surface area is 183 Å². The highest BCUT2D eigenvalue weighted by molar-refractivity contribution is 7.22. The number of thiazole rings is 1. The molecule has 0 aliphatic carbocycles. The summed E-state index contributed by atoms with van der Waals surface area (Å²) in [6, 6.07) is 9.44. The Morgan fingerprint density at radius 2 is 1.97 bits per heavy atom. The standard InChI is InChI=1S/C22H23F2N3O3S/c1-15-2-4-17(5-3-15)30-14-20(28)27(7-6-26-8-10-29-11-9-26)22-25-21-18(24)12-16(23)13-19(21)31-22/h2-5,12-13H,6-11,14H2,1H3. The number of ether oxygens (including phenoxy) is 2. The molecule has 1 saturated heterocycles. The minimum absolute atomic E-state index is 0.0602. The smallest absolute Gasteiger partial charge is 0.266 e. The lowest BCUT2D eigenvalue weighted by molar-refractivity contribution is -0.120. The van der Waals surface area contributed by atoms with Crippen molar-refractivity contribution in [2.45, 2.75) is 6.92 Å². The number of carbonyl (C=O) groups is 1. The number of nitrogens with zero attached hydrogens (tertiary/aromatic N) is 3. The molecule has 0 N–H and O–H groups in total. The summed E-state index contributed by atoms with van der Waals surface area (Å²) in [5.74, 6) is -1.12. The third-order valence-electron chi connectivity index (χ3n) is 5.06. The third-order valence-corrected chi connectivity index (χ3v) is 6.09. The molecule has 1 fully saturated rings. The van der Waals surface area contributed by atoms with Crippen molar-refractivity contribution in [2.75, 3.05) is 50.9 Å². The van der Waals surface area contributed by atoms with Crippen LogP contribution in [0.4, 0.5) is 13.9 Å². The molecule has 0 radical (unpaired) electrons. The van der Waals surface area contributed by atoms with Crippen LogP contribution >= 0.6 is 11.3 Å². The number of fused-ring (bicyclic) bond motifs is 1. The van der Waals surface area contributed by atoms with Gasteiger partial charge in [0.25, 0.3) is 5.91 Å². The Morgan fingerprint density at radius 3 is 2.71 bits per heavy atom. The monoisotopic (exact) mass is 447 g/mol. The van der Waals surface area contributed by atoms with Gasteiger partial charge in [0.1, 0.15) is 17.1 Å². The number of anilines is 1. The Hall–Kier alpha value is -2.62. The molecule has 1 aliphatic heterocycles. The summed E-state index contributed by atoms with van der Waals surface area (Å²) in [4.78, 5) is 21.0. The van der Waals surface area contributed by atoms with Crippen molar-refractivity contribution < 1.29 is 23.0 Å². The minimum atomic E-state index is -0.742. The van der Waals surface area contributed by atoms with Crippen LogP contribution in [0.1, 0.15) is 5.56 Å². The number of aromatic nitrogens is 1. The Morgan fingerprint density at radius 1 is 1.23 bits per heavy atom. The number of carbonyl (C=O) groups excluding carboxylic acids is 1. The summed E-state index contributed by atoms with van der Waals surface area (Å²) in [5, 5.41) is 0.324. The normalized spacial score (nSPS) is 14.7. The Bertz CT molecular complexity index is 1050. The van der Waals surface area contributed by atoms with E-state index in [4.69, 9.17) is 9.47 Å². The quantitative estimate of drug-likeness (QED) is 0.554. The van der Waals surface area contributed by atoms with Gasteiger partial charge in [-0.2, -0.15) is 0 Å². The number of aryl methyl sites for hydroxylation is 1. The molecule has 1 aromatic heterocycles. The molecule has 4 rings (SSSR count). The second kappa shape index (κ2) is 9.67. The van der Waals surface area contributed by atoms with E-state index in [1.807, 2.05) is 19.1 Å². The lowest BCUT2D eigenvalue weighted by Crippen LogP contribution is -2.44. The SMILES string of the molecule is Cc1ccc(OCC(=O)N(CCN2CCOCC2)c2nc3c(F)cc(F)cc3s2)cc1. The zero-order chi connectivity index (χ0) is 21.8. The van der Waals surface area contributed by atoms with Crippen LogP contribution in [-0.2, 0) is 9.53 Å². The highest BCUT2D eigenvalue weighted by Crippen LogP contribution is 2.31. The molecule has 0 saturated carbocycles. The molecule has 31 heavy (non-hydrogen) atoms. The fraction of sp³-hybridized carbons (Fsp3) is 0.364. The van der Waals surface area contributed by atoms with Crippen LogP contribution in [-0.4, -0.2) is 61.8 Å². The van der Waals surface area contributed by atoms with Crippen LogP contribution in [0.2, 0.25) is 0 Å². The van der Waals surface area contributed by atoms with Crippen molar-refractivity contribution >= 4 is 32.6 Å². The van der Waals surface area contributed by atoms with Crippen molar-refractivity contribution in [2.24, 2.45) is 0 Å². The topological polar surface area (TPSA) is 54.9 Å². The van der Waals surface area contributed by atoms with E-state index in [9.17, 15) is 13.6 Å². The van der Waals surface area contributed by atoms with Crippen LogP contribution in [0.5, 0.6) is 5.75 Å². The molecule has 1 amide bonds. The Balaban J connectivity index is 1.53. The second-order valence-electron chi connectivity index (χ2n) is 7.33. The molecule has 3 aromatic rings. The lowest BCUT2D eigenvalue weighted by atomic mass is 10.2. The van der Waals surface area contributed by atoms with Crippen LogP contribution in [0.15, 0.2) is 36.4 Å². The number of hydrogen-bond donors (Lipinski definition) is 0. The van der Waals surface area contributed by atoms with E-state index in [0.29, 0.717) is 41.9 Å². The molecule has 1 aliphatic rings. The summed E-state index contributed by atoms with van der Waals surface area (Å²) in [7, 11) is 0. The number of rotatable bonds is 7. The van der Waals surface area contributed by atoms with E-state index in [1.54, 1.807) is 12.1 Å². The van der Waals surface area contributed by atoms with Gasteiger partial charge < -0.3 is 9.47 Å². The van der Waals surface area contributed by atoms with Gasteiger partial charge in [0, 0.05) is 32.2 Å². The second-order valence-corrected chi connectivity index (χ2v) is 8.34. The maximum atomic E-state index is 14.2. The van der Waals surface area contributed by atoms with Crippen LogP contribution < -0.4 is 9.64 Å². The van der Waals surface area contributed by atoms with Crippen molar-refractivity contribution in [3.8, 4) is 5.75 Å². The van der Waals surface area contributed by atoms with Crippen LogP contribution in [0, 0.1) is 18.6 Å². The van der Waals surface area contributed by atoms with Crippen molar-refractivity contribution in [3.05, 3.63) is 53.6 Å². The molecule has 0 atom stereocenters. The zero-order valence-corrected chi connectivity index (χ0v) is 18.0. The maximum absolute atomic E-state index is 14.2. The highest BCUT2D eigenvalue weighted by atomic mass is 32.1. The van der Waals surface area contributed by atoms with E-state index < -0.39 is 11.6 Å². The summed E-state index contributed by atoms with van der Waals surface area (Å²) in [6.45, 7) is 5.62. The summed E-state index contributed by atoms with van der Waals surface area (Å²) >= 11 is 1.09. The molecule has 2 aromatic carbocycles. The van der Waals surface area contributed by atoms with Crippen molar-refractivity contribution in [1.29, 1.82) is 0 Å². The molecule has 2 heterocycles. The van der Waals surface area contributed by atoms with Gasteiger partial charge in [-0.3, -0.25) is 14.6 Å². The molecular weight excluding hydrogens is 424 g/mol. The molecule has 0 spiro atoms. The average molecular weight is 448 g/mol. The summed E-state index contributed by atoms with van der Waals surface area (Å²) in [6.07, 6.45) is 0. The summed E-state index contributed by atoms with van der Waals surface area (Å²) < 4.78 is 39.1. The number of hydrogen-bond acceptors (Lipinski definition) is 6.